The Hall–Kier alpha value is -2.07. The van der Waals surface area contributed by atoms with E-state index in [0.29, 0.717) is 16.8 Å². The molecule has 0 aliphatic heterocycles. The lowest BCUT2D eigenvalue weighted by atomic mass is 10.0. The van der Waals surface area contributed by atoms with Crippen molar-refractivity contribution in [3.8, 4) is 0 Å². The number of benzene rings is 1. The Balaban J connectivity index is 2.75. The van der Waals surface area contributed by atoms with Crippen LogP contribution in [-0.2, 0) is 0 Å². The molecule has 4 nitrogen and oxygen atoms in total. The number of rotatable bonds is 7. The SMILES string of the molecule is C/C=C/CC/C=C/C(O)Nc1ccc(C)c(C(=O)O)c1C. The molecule has 0 bridgehead atoms. The molecule has 3 N–H and O–H groups in total. The number of hydrogen-bond acceptors (Lipinski definition) is 3. The van der Waals surface area contributed by atoms with Gasteiger partial charge in [-0.1, -0.05) is 24.3 Å². The maximum atomic E-state index is 11.2. The number of hydrogen-bond donors (Lipinski definition) is 3. The van der Waals surface area contributed by atoms with Crippen LogP contribution in [0.2, 0.25) is 0 Å². The molecule has 0 amide bonds. The van der Waals surface area contributed by atoms with Gasteiger partial charge in [0.1, 0.15) is 6.23 Å². The number of carboxylic acid groups (broad SMARTS) is 1. The summed E-state index contributed by atoms with van der Waals surface area (Å²) < 4.78 is 0. The Morgan fingerprint density at radius 3 is 2.57 bits per heavy atom. The van der Waals surface area contributed by atoms with E-state index in [1.807, 2.05) is 19.1 Å². The van der Waals surface area contributed by atoms with Crippen molar-refractivity contribution in [3.05, 3.63) is 53.1 Å². The zero-order chi connectivity index (χ0) is 15.8. The fourth-order valence-electron chi connectivity index (χ4n) is 2.12. The van der Waals surface area contributed by atoms with Crippen molar-refractivity contribution in [2.75, 3.05) is 5.32 Å². The highest BCUT2D eigenvalue weighted by molar-refractivity contribution is 5.93. The number of aromatic carboxylic acids is 1. The van der Waals surface area contributed by atoms with Gasteiger partial charge in [-0.25, -0.2) is 4.79 Å². The molecule has 0 fully saturated rings. The van der Waals surface area contributed by atoms with E-state index in [0.717, 1.165) is 12.8 Å². The zero-order valence-electron chi connectivity index (χ0n) is 12.8. The second-order valence-electron chi connectivity index (χ2n) is 4.90. The van der Waals surface area contributed by atoms with Crippen molar-refractivity contribution in [2.24, 2.45) is 0 Å². The van der Waals surface area contributed by atoms with Crippen molar-refractivity contribution >= 4 is 11.7 Å². The molecule has 0 aliphatic rings. The second kappa shape index (κ2) is 8.27. The predicted octanol–water partition coefficient (Wildman–Crippen LogP) is 3.64. The number of allylic oxidation sites excluding steroid dienone is 3. The lowest BCUT2D eigenvalue weighted by molar-refractivity contribution is 0.0695. The highest BCUT2D eigenvalue weighted by Gasteiger charge is 2.14. The summed E-state index contributed by atoms with van der Waals surface area (Å²) in [6, 6.07) is 3.52. The van der Waals surface area contributed by atoms with Crippen LogP contribution in [0.3, 0.4) is 0 Å². The summed E-state index contributed by atoms with van der Waals surface area (Å²) in [5.74, 6) is -0.954. The van der Waals surface area contributed by atoms with E-state index in [9.17, 15) is 15.0 Å². The third-order valence-electron chi connectivity index (χ3n) is 3.24. The number of aryl methyl sites for hydroxylation is 1. The number of carbonyl (C=O) groups is 1. The zero-order valence-corrected chi connectivity index (χ0v) is 12.8. The minimum Gasteiger partial charge on any atom is -0.478 e. The van der Waals surface area contributed by atoms with Crippen LogP contribution in [0.25, 0.3) is 0 Å². The first-order valence-electron chi connectivity index (χ1n) is 7.03. The lowest BCUT2D eigenvalue weighted by Gasteiger charge is -2.15. The molecule has 1 atom stereocenters. The predicted molar refractivity (Wildman–Crippen MR) is 85.7 cm³/mol. The standard InChI is InChI=1S/C17H23NO3/c1-4-5-6-7-8-9-15(19)18-14-11-10-12(2)16(13(14)3)17(20)21/h4-5,8-11,15,18-19H,6-7H2,1-3H3,(H,20,21)/b5-4+,9-8+. The fraction of sp³-hybridized carbons (Fsp3) is 0.353. The van der Waals surface area contributed by atoms with Crippen LogP contribution in [0.5, 0.6) is 0 Å². The molecule has 0 radical (unpaired) electrons. The van der Waals surface area contributed by atoms with Gasteiger partial charge in [0.25, 0.3) is 0 Å². The average molecular weight is 289 g/mol. The molecule has 1 aromatic carbocycles. The normalized spacial score (nSPS) is 13.0. The van der Waals surface area contributed by atoms with Gasteiger partial charge in [-0.2, -0.15) is 0 Å². The monoisotopic (exact) mass is 289 g/mol. The summed E-state index contributed by atoms with van der Waals surface area (Å²) in [5.41, 5.74) is 2.25. The first-order chi connectivity index (χ1) is 9.97. The van der Waals surface area contributed by atoms with Gasteiger partial charge in [0.05, 0.1) is 5.56 Å². The molecule has 21 heavy (non-hydrogen) atoms. The number of anilines is 1. The van der Waals surface area contributed by atoms with Crippen molar-refractivity contribution in [3.63, 3.8) is 0 Å². The molecule has 0 saturated carbocycles. The van der Waals surface area contributed by atoms with Gasteiger partial charge in [-0.05, 0) is 56.9 Å². The highest BCUT2D eigenvalue weighted by atomic mass is 16.4. The van der Waals surface area contributed by atoms with Crippen LogP contribution in [0.4, 0.5) is 5.69 Å². The van der Waals surface area contributed by atoms with Gasteiger partial charge in [0.2, 0.25) is 0 Å². The van der Waals surface area contributed by atoms with E-state index >= 15 is 0 Å². The van der Waals surface area contributed by atoms with Gasteiger partial charge >= 0.3 is 5.97 Å². The van der Waals surface area contributed by atoms with Crippen LogP contribution in [0, 0.1) is 13.8 Å². The third-order valence-corrected chi connectivity index (χ3v) is 3.24. The summed E-state index contributed by atoms with van der Waals surface area (Å²) in [6.07, 6.45) is 8.59. The minimum absolute atomic E-state index is 0.282. The van der Waals surface area contributed by atoms with E-state index in [2.05, 4.69) is 11.4 Å². The Morgan fingerprint density at radius 2 is 1.95 bits per heavy atom. The Bertz CT molecular complexity index is 547. The lowest BCUT2D eigenvalue weighted by Crippen LogP contribution is -2.17. The van der Waals surface area contributed by atoms with Gasteiger partial charge in [-0.3, -0.25) is 0 Å². The quantitative estimate of drug-likeness (QED) is 0.407. The number of carboxylic acids is 1. The van der Waals surface area contributed by atoms with Crippen LogP contribution in [0.1, 0.15) is 41.3 Å². The molecule has 0 aromatic heterocycles. The molecule has 1 rings (SSSR count). The molecule has 114 valence electrons. The van der Waals surface area contributed by atoms with Crippen LogP contribution < -0.4 is 5.32 Å². The van der Waals surface area contributed by atoms with Crippen molar-refractivity contribution in [2.45, 2.75) is 39.8 Å². The Labute approximate surface area is 125 Å². The van der Waals surface area contributed by atoms with Gasteiger partial charge in [0, 0.05) is 5.69 Å². The number of nitrogens with one attached hydrogen (secondary N) is 1. The van der Waals surface area contributed by atoms with Crippen LogP contribution in [0.15, 0.2) is 36.4 Å². The smallest absolute Gasteiger partial charge is 0.336 e. The third kappa shape index (κ3) is 5.08. The summed E-state index contributed by atoms with van der Waals surface area (Å²) in [7, 11) is 0. The molecule has 1 unspecified atom stereocenters. The summed E-state index contributed by atoms with van der Waals surface area (Å²) in [4.78, 5) is 11.2. The molecule has 0 spiro atoms. The fourth-order valence-corrected chi connectivity index (χ4v) is 2.12. The summed E-state index contributed by atoms with van der Waals surface area (Å²) in [6.45, 7) is 5.47. The topological polar surface area (TPSA) is 69.6 Å². The van der Waals surface area contributed by atoms with E-state index in [-0.39, 0.29) is 5.56 Å². The molecular weight excluding hydrogens is 266 g/mol. The number of aliphatic hydroxyl groups excluding tert-OH is 1. The Morgan fingerprint density at radius 1 is 1.29 bits per heavy atom. The molecular formula is C17H23NO3. The van der Waals surface area contributed by atoms with Gasteiger partial charge < -0.3 is 15.5 Å². The number of unbranched alkanes of at least 4 members (excludes halogenated alkanes) is 1. The van der Waals surface area contributed by atoms with Crippen LogP contribution in [-0.4, -0.2) is 22.4 Å². The average Bonchev–Trinajstić information content (AvgIpc) is 2.41. The highest BCUT2D eigenvalue weighted by Crippen LogP contribution is 2.23. The molecule has 4 heteroatoms. The Kier molecular flexibility index (Phi) is 6.69. The van der Waals surface area contributed by atoms with Crippen molar-refractivity contribution in [1.82, 2.24) is 0 Å². The van der Waals surface area contributed by atoms with Crippen molar-refractivity contribution in [1.29, 1.82) is 0 Å². The first-order valence-corrected chi connectivity index (χ1v) is 7.03. The largest absolute Gasteiger partial charge is 0.478 e. The summed E-state index contributed by atoms with van der Waals surface area (Å²) in [5, 5.41) is 22.0. The molecule has 1 aromatic rings. The van der Waals surface area contributed by atoms with E-state index in [1.165, 1.54) is 0 Å². The summed E-state index contributed by atoms with van der Waals surface area (Å²) >= 11 is 0. The second-order valence-corrected chi connectivity index (χ2v) is 4.90. The van der Waals surface area contributed by atoms with Crippen LogP contribution >= 0.6 is 0 Å². The van der Waals surface area contributed by atoms with E-state index < -0.39 is 12.2 Å². The molecule has 0 aliphatic carbocycles. The van der Waals surface area contributed by atoms with Gasteiger partial charge in [-0.15, -0.1) is 0 Å². The minimum atomic E-state index is -0.954. The van der Waals surface area contributed by atoms with Gasteiger partial charge in [0.15, 0.2) is 0 Å². The molecule has 0 heterocycles. The van der Waals surface area contributed by atoms with E-state index in [1.54, 1.807) is 32.1 Å². The number of aliphatic hydroxyl groups is 1. The van der Waals surface area contributed by atoms with Crippen molar-refractivity contribution < 1.29 is 15.0 Å². The van der Waals surface area contributed by atoms with E-state index in [4.69, 9.17) is 0 Å². The first kappa shape index (κ1) is 17.0. The maximum absolute atomic E-state index is 11.2. The maximum Gasteiger partial charge on any atom is 0.336 e. The molecule has 0 saturated heterocycles.